The van der Waals surface area contributed by atoms with Crippen LogP contribution in [-0.2, 0) is 9.84 Å². The molecule has 1 saturated heterocycles. The highest BCUT2D eigenvalue weighted by molar-refractivity contribution is 7.91. The van der Waals surface area contributed by atoms with Crippen LogP contribution < -0.4 is 10.2 Å². The van der Waals surface area contributed by atoms with Crippen molar-refractivity contribution in [1.29, 1.82) is 0 Å². The molecule has 1 atom stereocenters. The first-order valence-corrected chi connectivity index (χ1v) is 10.8. The summed E-state index contributed by atoms with van der Waals surface area (Å²) in [4.78, 5) is 15.4. The minimum absolute atomic E-state index is 0.0746. The molecular weight excluding hydrogens is 362 g/mol. The lowest BCUT2D eigenvalue weighted by Gasteiger charge is -2.27. The highest BCUT2D eigenvalue weighted by Crippen LogP contribution is 2.26. The Morgan fingerprint density at radius 2 is 2.00 bits per heavy atom. The van der Waals surface area contributed by atoms with Crippen LogP contribution in [0.2, 0.25) is 0 Å². The van der Waals surface area contributed by atoms with Gasteiger partial charge in [-0.1, -0.05) is 18.2 Å². The molecule has 8 heteroatoms. The summed E-state index contributed by atoms with van der Waals surface area (Å²) in [6, 6.07) is 11.6. The highest BCUT2D eigenvalue weighted by Gasteiger charge is 2.32. The van der Waals surface area contributed by atoms with Gasteiger partial charge in [0, 0.05) is 30.4 Å². The predicted octanol–water partition coefficient (Wildman–Crippen LogP) is 2.78. The molecule has 140 valence electrons. The number of nitrogens with one attached hydrogen (secondary N) is 1. The molecule has 1 aliphatic heterocycles. The Hall–Kier alpha value is -2.74. The standard InChI is InChI=1S/C19H21N5O2S/c1-2-24(15-9-12-27(25,26)13-15)19-21-11-8-17(23-19)22-16-7-3-5-14-6-4-10-20-18(14)16/h3-8,10-11,15H,2,9,12-13H2,1H3,(H,21,22,23). The lowest BCUT2D eigenvalue weighted by molar-refractivity contribution is 0.599. The molecule has 1 fully saturated rings. The molecular formula is C19H21N5O2S. The third-order valence-electron chi connectivity index (χ3n) is 4.79. The Kier molecular flexibility index (Phi) is 4.65. The van der Waals surface area contributed by atoms with E-state index in [0.717, 1.165) is 16.6 Å². The van der Waals surface area contributed by atoms with Crippen molar-refractivity contribution in [2.75, 3.05) is 28.3 Å². The van der Waals surface area contributed by atoms with Crippen LogP contribution in [-0.4, -0.2) is 47.5 Å². The number of pyridine rings is 1. The van der Waals surface area contributed by atoms with Gasteiger partial charge in [0.1, 0.15) is 5.82 Å². The average molecular weight is 383 g/mol. The van der Waals surface area contributed by atoms with E-state index in [-0.39, 0.29) is 17.5 Å². The Labute approximate surface area is 158 Å². The van der Waals surface area contributed by atoms with Gasteiger partial charge in [0.15, 0.2) is 9.84 Å². The summed E-state index contributed by atoms with van der Waals surface area (Å²) < 4.78 is 23.7. The molecule has 1 aliphatic rings. The van der Waals surface area contributed by atoms with Crippen molar-refractivity contribution in [3.63, 3.8) is 0 Å². The summed E-state index contributed by atoms with van der Waals surface area (Å²) in [6.07, 6.45) is 4.07. The maximum Gasteiger partial charge on any atom is 0.227 e. The molecule has 0 radical (unpaired) electrons. The van der Waals surface area contributed by atoms with Gasteiger partial charge in [-0.05, 0) is 31.5 Å². The molecule has 0 bridgehead atoms. The summed E-state index contributed by atoms with van der Waals surface area (Å²) in [5.41, 5.74) is 1.73. The molecule has 7 nitrogen and oxygen atoms in total. The van der Waals surface area contributed by atoms with E-state index in [4.69, 9.17) is 0 Å². The number of aromatic nitrogens is 3. The number of hydrogen-bond donors (Lipinski definition) is 1. The van der Waals surface area contributed by atoms with Crippen LogP contribution in [0.5, 0.6) is 0 Å². The Morgan fingerprint density at radius 3 is 2.78 bits per heavy atom. The van der Waals surface area contributed by atoms with Gasteiger partial charge in [-0.25, -0.2) is 13.4 Å². The highest BCUT2D eigenvalue weighted by atomic mass is 32.2. The Bertz CT molecular complexity index is 1070. The number of sulfone groups is 1. The molecule has 0 aliphatic carbocycles. The van der Waals surface area contributed by atoms with Crippen molar-refractivity contribution in [2.45, 2.75) is 19.4 Å². The van der Waals surface area contributed by atoms with E-state index in [1.165, 1.54) is 0 Å². The molecule has 4 rings (SSSR count). The van der Waals surface area contributed by atoms with Crippen molar-refractivity contribution < 1.29 is 8.42 Å². The molecule has 27 heavy (non-hydrogen) atoms. The lowest BCUT2D eigenvalue weighted by Crippen LogP contribution is -2.37. The largest absolute Gasteiger partial charge is 0.338 e. The zero-order valence-electron chi connectivity index (χ0n) is 15.0. The lowest BCUT2D eigenvalue weighted by atomic mass is 10.2. The molecule has 3 heterocycles. The van der Waals surface area contributed by atoms with Crippen LogP contribution in [0.25, 0.3) is 10.9 Å². The topological polar surface area (TPSA) is 88.1 Å². The molecule has 1 N–H and O–H groups in total. The average Bonchev–Trinajstić information content (AvgIpc) is 3.03. The second-order valence-electron chi connectivity index (χ2n) is 6.59. The number of para-hydroxylation sites is 1. The third-order valence-corrected chi connectivity index (χ3v) is 6.54. The second-order valence-corrected chi connectivity index (χ2v) is 8.82. The minimum Gasteiger partial charge on any atom is -0.338 e. The van der Waals surface area contributed by atoms with Crippen LogP contribution in [0.15, 0.2) is 48.8 Å². The first kappa shape index (κ1) is 17.7. The van der Waals surface area contributed by atoms with E-state index in [2.05, 4.69) is 20.3 Å². The first-order valence-electron chi connectivity index (χ1n) is 8.96. The maximum atomic E-state index is 11.8. The Morgan fingerprint density at radius 1 is 1.15 bits per heavy atom. The normalized spacial score (nSPS) is 18.5. The van der Waals surface area contributed by atoms with Crippen LogP contribution in [0, 0.1) is 0 Å². The molecule has 1 aromatic carbocycles. The maximum absolute atomic E-state index is 11.8. The van der Waals surface area contributed by atoms with Crippen molar-refractivity contribution in [3.05, 3.63) is 48.8 Å². The Balaban J connectivity index is 1.62. The summed E-state index contributed by atoms with van der Waals surface area (Å²) in [6.45, 7) is 2.64. The zero-order chi connectivity index (χ0) is 18.9. The summed E-state index contributed by atoms with van der Waals surface area (Å²) in [5.74, 6) is 1.58. The van der Waals surface area contributed by atoms with Gasteiger partial charge < -0.3 is 10.2 Å². The smallest absolute Gasteiger partial charge is 0.227 e. The fourth-order valence-electron chi connectivity index (χ4n) is 3.48. The van der Waals surface area contributed by atoms with E-state index < -0.39 is 9.84 Å². The van der Waals surface area contributed by atoms with Gasteiger partial charge in [0.05, 0.1) is 22.7 Å². The van der Waals surface area contributed by atoms with Crippen LogP contribution >= 0.6 is 0 Å². The quantitative estimate of drug-likeness (QED) is 0.725. The SMILES string of the molecule is CCN(c1nccc(Nc2cccc3cccnc23)n1)C1CCS(=O)(=O)C1. The molecule has 1 unspecified atom stereocenters. The molecule has 0 amide bonds. The summed E-state index contributed by atoms with van der Waals surface area (Å²) in [5, 5.41) is 4.36. The molecule has 2 aromatic heterocycles. The molecule has 0 spiro atoms. The van der Waals surface area contributed by atoms with E-state index in [1.807, 2.05) is 42.2 Å². The number of benzene rings is 1. The number of fused-ring (bicyclic) bond motifs is 1. The zero-order valence-corrected chi connectivity index (χ0v) is 15.9. The third kappa shape index (κ3) is 3.71. The number of hydrogen-bond acceptors (Lipinski definition) is 7. The monoisotopic (exact) mass is 383 g/mol. The van der Waals surface area contributed by atoms with Gasteiger partial charge in [0.2, 0.25) is 5.95 Å². The first-order chi connectivity index (χ1) is 13.1. The number of nitrogens with zero attached hydrogens (tertiary/aromatic N) is 4. The van der Waals surface area contributed by atoms with Crippen LogP contribution in [0.1, 0.15) is 13.3 Å². The van der Waals surface area contributed by atoms with E-state index >= 15 is 0 Å². The van der Waals surface area contributed by atoms with Gasteiger partial charge in [-0.15, -0.1) is 0 Å². The van der Waals surface area contributed by atoms with Crippen molar-refractivity contribution in [2.24, 2.45) is 0 Å². The van der Waals surface area contributed by atoms with Crippen molar-refractivity contribution >= 4 is 38.2 Å². The van der Waals surface area contributed by atoms with Crippen LogP contribution in [0.4, 0.5) is 17.5 Å². The predicted molar refractivity (Wildman–Crippen MR) is 107 cm³/mol. The van der Waals surface area contributed by atoms with E-state index in [1.54, 1.807) is 18.5 Å². The van der Waals surface area contributed by atoms with Crippen molar-refractivity contribution in [3.8, 4) is 0 Å². The summed E-state index contributed by atoms with van der Waals surface area (Å²) in [7, 11) is -2.96. The van der Waals surface area contributed by atoms with Crippen molar-refractivity contribution in [1.82, 2.24) is 15.0 Å². The van der Waals surface area contributed by atoms with Gasteiger partial charge >= 0.3 is 0 Å². The fourth-order valence-corrected chi connectivity index (χ4v) is 5.21. The van der Waals surface area contributed by atoms with Gasteiger partial charge in [0.25, 0.3) is 0 Å². The minimum atomic E-state index is -2.96. The fraction of sp³-hybridized carbons (Fsp3) is 0.316. The molecule has 3 aromatic rings. The van der Waals surface area contributed by atoms with E-state index in [9.17, 15) is 8.42 Å². The molecule has 0 saturated carbocycles. The van der Waals surface area contributed by atoms with Crippen LogP contribution in [0.3, 0.4) is 0 Å². The summed E-state index contributed by atoms with van der Waals surface area (Å²) >= 11 is 0. The van der Waals surface area contributed by atoms with E-state index in [0.29, 0.717) is 24.7 Å². The second kappa shape index (κ2) is 7.11. The number of anilines is 3. The number of rotatable bonds is 5. The van der Waals surface area contributed by atoms with Gasteiger partial charge in [-0.3, -0.25) is 4.98 Å². The van der Waals surface area contributed by atoms with Gasteiger partial charge in [-0.2, -0.15) is 4.98 Å².